The third-order valence-corrected chi connectivity index (χ3v) is 2.07. The minimum absolute atomic E-state index is 0.133. The van der Waals surface area contributed by atoms with Crippen molar-refractivity contribution >= 4 is 11.6 Å². The van der Waals surface area contributed by atoms with E-state index < -0.39 is 0 Å². The second-order valence-corrected chi connectivity index (χ2v) is 3.39. The molecule has 2 heterocycles. The van der Waals surface area contributed by atoms with Crippen LogP contribution < -0.4 is 5.32 Å². The number of anilines is 1. The van der Waals surface area contributed by atoms with Crippen molar-refractivity contribution in [3.63, 3.8) is 0 Å². The van der Waals surface area contributed by atoms with Gasteiger partial charge in [-0.15, -0.1) is 5.10 Å². The summed E-state index contributed by atoms with van der Waals surface area (Å²) in [6.07, 6.45) is 3.30. The number of carbonyl (C=O) groups excluding carboxylic acids is 1. The Morgan fingerprint density at radius 2 is 2.25 bits per heavy atom. The summed E-state index contributed by atoms with van der Waals surface area (Å²) in [5.41, 5.74) is 1.60. The highest BCUT2D eigenvalue weighted by atomic mass is 16.2. The number of pyridine rings is 1. The largest absolute Gasteiger partial charge is 0.319 e. The van der Waals surface area contributed by atoms with Gasteiger partial charge >= 0.3 is 0 Å². The topological polar surface area (TPSA) is 83.6 Å². The molecule has 0 aromatic carbocycles. The van der Waals surface area contributed by atoms with E-state index in [-0.39, 0.29) is 11.7 Å². The number of aromatic nitrogens is 4. The summed E-state index contributed by atoms with van der Waals surface area (Å²) in [7, 11) is 0. The van der Waals surface area contributed by atoms with E-state index in [4.69, 9.17) is 0 Å². The summed E-state index contributed by atoms with van der Waals surface area (Å²) in [5.74, 6) is 0.406. The number of hydrogen-bond acceptors (Lipinski definition) is 4. The maximum atomic E-state index is 11.7. The van der Waals surface area contributed by atoms with Crippen LogP contribution in [0.25, 0.3) is 0 Å². The van der Waals surface area contributed by atoms with E-state index in [1.54, 1.807) is 25.4 Å². The fraction of sp³-hybridized carbons (Fsp3) is 0.200. The molecule has 6 heteroatoms. The predicted molar refractivity (Wildman–Crippen MR) is 58.0 cm³/mol. The highest BCUT2D eigenvalue weighted by molar-refractivity contribution is 6.01. The first-order chi connectivity index (χ1) is 7.66. The molecule has 0 saturated heterocycles. The molecule has 1 amide bonds. The number of hydrogen-bond donors (Lipinski definition) is 2. The van der Waals surface area contributed by atoms with Crippen LogP contribution in [0.3, 0.4) is 0 Å². The summed E-state index contributed by atoms with van der Waals surface area (Å²) in [6, 6.07) is 1.73. The van der Waals surface area contributed by atoms with Crippen molar-refractivity contribution in [2.45, 2.75) is 13.8 Å². The van der Waals surface area contributed by atoms with E-state index in [9.17, 15) is 4.79 Å². The van der Waals surface area contributed by atoms with Crippen LogP contribution in [0.5, 0.6) is 0 Å². The fourth-order valence-electron chi connectivity index (χ4n) is 1.24. The number of aromatic amines is 1. The molecular formula is C10H11N5O. The Balaban J connectivity index is 2.17. The fourth-order valence-corrected chi connectivity index (χ4v) is 1.24. The lowest BCUT2D eigenvalue weighted by Crippen LogP contribution is -2.14. The van der Waals surface area contributed by atoms with Gasteiger partial charge in [-0.1, -0.05) is 0 Å². The zero-order chi connectivity index (χ0) is 11.5. The van der Waals surface area contributed by atoms with Gasteiger partial charge in [0.2, 0.25) is 5.82 Å². The molecule has 0 spiro atoms. The molecule has 0 aliphatic heterocycles. The smallest absolute Gasteiger partial charge is 0.295 e. The van der Waals surface area contributed by atoms with Crippen molar-refractivity contribution in [2.24, 2.45) is 0 Å². The van der Waals surface area contributed by atoms with Crippen LogP contribution >= 0.6 is 0 Å². The molecule has 2 aromatic heterocycles. The average Bonchev–Trinajstić information content (AvgIpc) is 2.68. The van der Waals surface area contributed by atoms with Crippen molar-refractivity contribution in [1.82, 2.24) is 20.2 Å². The van der Waals surface area contributed by atoms with Gasteiger partial charge in [0.1, 0.15) is 5.82 Å². The molecule has 2 N–H and O–H groups in total. The minimum atomic E-state index is -0.335. The molecule has 6 nitrogen and oxygen atoms in total. The van der Waals surface area contributed by atoms with Crippen LogP contribution in [0.15, 0.2) is 18.5 Å². The van der Waals surface area contributed by atoms with E-state index in [1.807, 2.05) is 6.92 Å². The molecule has 82 valence electrons. The van der Waals surface area contributed by atoms with Crippen molar-refractivity contribution in [3.8, 4) is 0 Å². The molecule has 0 saturated carbocycles. The first-order valence-electron chi connectivity index (χ1n) is 4.78. The second kappa shape index (κ2) is 4.09. The molecule has 0 aliphatic carbocycles. The normalized spacial score (nSPS) is 10.1. The van der Waals surface area contributed by atoms with Crippen LogP contribution in [0.4, 0.5) is 5.69 Å². The third-order valence-electron chi connectivity index (χ3n) is 2.07. The van der Waals surface area contributed by atoms with Gasteiger partial charge in [0.15, 0.2) is 0 Å². The molecule has 0 aliphatic rings. The van der Waals surface area contributed by atoms with Gasteiger partial charge in [-0.2, -0.15) is 0 Å². The summed E-state index contributed by atoms with van der Waals surface area (Å²) in [4.78, 5) is 19.6. The Morgan fingerprint density at radius 3 is 2.88 bits per heavy atom. The Kier molecular flexibility index (Phi) is 2.63. The maximum Gasteiger partial charge on any atom is 0.295 e. The molecule has 0 bridgehead atoms. The van der Waals surface area contributed by atoms with Crippen LogP contribution in [0.2, 0.25) is 0 Å². The number of nitrogens with zero attached hydrogens (tertiary/aromatic N) is 3. The van der Waals surface area contributed by atoms with E-state index in [2.05, 4.69) is 25.5 Å². The van der Waals surface area contributed by atoms with Crippen LogP contribution in [-0.4, -0.2) is 26.1 Å². The predicted octanol–water partition coefficient (Wildman–Crippen LogP) is 1.07. The SMILES string of the molecule is Cc1nc(C(=O)Nc2ccncc2C)n[nH]1. The molecule has 0 fully saturated rings. The van der Waals surface area contributed by atoms with Gasteiger partial charge < -0.3 is 5.32 Å². The van der Waals surface area contributed by atoms with Gasteiger partial charge in [-0.3, -0.25) is 14.9 Å². The zero-order valence-corrected chi connectivity index (χ0v) is 8.98. The Hall–Kier alpha value is -2.24. The Labute approximate surface area is 92.1 Å². The maximum absolute atomic E-state index is 11.7. The lowest BCUT2D eigenvalue weighted by atomic mass is 10.2. The minimum Gasteiger partial charge on any atom is -0.319 e. The Morgan fingerprint density at radius 1 is 1.44 bits per heavy atom. The number of carbonyl (C=O) groups is 1. The first kappa shape index (κ1) is 10.3. The quantitative estimate of drug-likeness (QED) is 0.788. The molecule has 2 aromatic rings. The zero-order valence-electron chi connectivity index (χ0n) is 8.98. The lowest BCUT2D eigenvalue weighted by molar-refractivity contribution is 0.101. The Bertz CT molecular complexity index is 519. The summed E-state index contributed by atoms with van der Waals surface area (Å²) in [5, 5.41) is 9.11. The van der Waals surface area contributed by atoms with Crippen LogP contribution in [0.1, 0.15) is 22.0 Å². The second-order valence-electron chi connectivity index (χ2n) is 3.39. The van der Waals surface area contributed by atoms with Gasteiger partial charge in [0, 0.05) is 18.1 Å². The van der Waals surface area contributed by atoms with E-state index >= 15 is 0 Å². The van der Waals surface area contributed by atoms with Crippen molar-refractivity contribution in [2.75, 3.05) is 5.32 Å². The lowest BCUT2D eigenvalue weighted by Gasteiger charge is -2.04. The standard InChI is InChI=1S/C10H11N5O/c1-6-5-11-4-3-8(6)13-10(16)9-12-7(2)14-15-9/h3-5H,1-2H3,(H,11,13,16)(H,12,14,15). The third kappa shape index (κ3) is 2.05. The van der Waals surface area contributed by atoms with Crippen molar-refractivity contribution in [3.05, 3.63) is 35.7 Å². The molecule has 0 atom stereocenters. The molecule has 2 rings (SSSR count). The molecule has 0 radical (unpaired) electrons. The van der Waals surface area contributed by atoms with Crippen LogP contribution in [-0.2, 0) is 0 Å². The summed E-state index contributed by atoms with van der Waals surface area (Å²) in [6.45, 7) is 3.60. The van der Waals surface area contributed by atoms with E-state index in [0.717, 1.165) is 5.56 Å². The number of amides is 1. The highest BCUT2D eigenvalue weighted by Crippen LogP contribution is 2.12. The number of aryl methyl sites for hydroxylation is 2. The number of H-pyrrole nitrogens is 1. The van der Waals surface area contributed by atoms with Crippen molar-refractivity contribution in [1.29, 1.82) is 0 Å². The monoisotopic (exact) mass is 217 g/mol. The summed E-state index contributed by atoms with van der Waals surface area (Å²) >= 11 is 0. The number of rotatable bonds is 2. The molecule has 0 unspecified atom stereocenters. The van der Waals surface area contributed by atoms with E-state index in [0.29, 0.717) is 11.5 Å². The first-order valence-corrected chi connectivity index (χ1v) is 4.78. The average molecular weight is 217 g/mol. The van der Waals surface area contributed by atoms with Gasteiger partial charge in [0.25, 0.3) is 5.91 Å². The molecular weight excluding hydrogens is 206 g/mol. The molecule has 16 heavy (non-hydrogen) atoms. The number of nitrogens with one attached hydrogen (secondary N) is 2. The van der Waals surface area contributed by atoms with E-state index in [1.165, 1.54) is 0 Å². The van der Waals surface area contributed by atoms with Gasteiger partial charge in [-0.25, -0.2) is 4.98 Å². The van der Waals surface area contributed by atoms with Gasteiger partial charge in [0.05, 0.1) is 0 Å². The van der Waals surface area contributed by atoms with Gasteiger partial charge in [-0.05, 0) is 25.5 Å². The van der Waals surface area contributed by atoms with Crippen molar-refractivity contribution < 1.29 is 4.79 Å². The summed E-state index contributed by atoms with van der Waals surface area (Å²) < 4.78 is 0. The highest BCUT2D eigenvalue weighted by Gasteiger charge is 2.11. The van der Waals surface area contributed by atoms with Crippen LogP contribution in [0, 0.1) is 13.8 Å².